The Morgan fingerprint density at radius 3 is 2.37 bits per heavy atom. The standard InChI is InChI=1S/C25H24F3N3O3S/c1-24(2,35(33,34)22-5-3-4-20(12-22)25(26,27)28)19-10-11-31(23(32)13-19)21-8-6-17(7-9-21)18-14-29-16-30-15-18/h3-9,12,14-16,19H,10-11,13H2,1-2H3/p+1/t19-/m0/s1. The van der Waals surface area contributed by atoms with Gasteiger partial charge in [0.05, 0.1) is 27.0 Å². The highest BCUT2D eigenvalue weighted by Crippen LogP contribution is 2.40. The number of nitrogens with zero attached hydrogens (tertiary/aromatic N) is 2. The molecule has 1 aliphatic heterocycles. The molecule has 0 bridgehead atoms. The van der Waals surface area contributed by atoms with E-state index in [0.717, 1.165) is 23.3 Å². The predicted octanol–water partition coefficient (Wildman–Crippen LogP) is 4.58. The number of piperidine rings is 1. The number of aromatic nitrogens is 2. The van der Waals surface area contributed by atoms with E-state index in [1.165, 1.54) is 19.9 Å². The van der Waals surface area contributed by atoms with E-state index in [1.54, 1.807) is 17.4 Å². The Kier molecular flexibility index (Phi) is 6.44. The molecule has 10 heteroatoms. The first-order valence-electron chi connectivity index (χ1n) is 11.0. The molecule has 1 saturated heterocycles. The summed E-state index contributed by atoms with van der Waals surface area (Å²) in [6, 6.07) is 11.2. The van der Waals surface area contributed by atoms with Crippen molar-refractivity contribution in [2.45, 2.75) is 42.5 Å². The molecule has 0 aliphatic carbocycles. The number of rotatable bonds is 5. The van der Waals surface area contributed by atoms with Crippen molar-refractivity contribution in [3.05, 3.63) is 72.8 Å². The van der Waals surface area contributed by atoms with Crippen LogP contribution in [0, 0.1) is 5.92 Å². The number of alkyl halides is 3. The Labute approximate surface area is 201 Å². The normalized spacial score (nSPS) is 17.5. The van der Waals surface area contributed by atoms with Crippen molar-refractivity contribution >= 4 is 21.4 Å². The summed E-state index contributed by atoms with van der Waals surface area (Å²) in [5, 5.41) is 0. The van der Waals surface area contributed by atoms with Crippen molar-refractivity contribution in [1.29, 1.82) is 0 Å². The summed E-state index contributed by atoms with van der Waals surface area (Å²) >= 11 is 0. The van der Waals surface area contributed by atoms with Crippen LogP contribution in [0.4, 0.5) is 18.9 Å². The second kappa shape index (κ2) is 9.07. The van der Waals surface area contributed by atoms with Gasteiger partial charge in [-0.3, -0.25) is 4.79 Å². The summed E-state index contributed by atoms with van der Waals surface area (Å²) in [5.41, 5.74) is 1.50. The molecule has 6 nitrogen and oxygen atoms in total. The van der Waals surface area contributed by atoms with E-state index < -0.39 is 37.1 Å². The number of anilines is 1. The third kappa shape index (κ3) is 4.80. The summed E-state index contributed by atoms with van der Waals surface area (Å²) in [5.74, 6) is -0.771. The fraction of sp³-hybridized carbons (Fsp3) is 0.320. The number of aromatic amines is 1. The number of sulfone groups is 1. The molecule has 0 radical (unpaired) electrons. The van der Waals surface area contributed by atoms with E-state index in [-0.39, 0.29) is 12.3 Å². The van der Waals surface area contributed by atoms with Crippen LogP contribution in [0.15, 0.2) is 72.1 Å². The average molecular weight is 505 g/mol. The van der Waals surface area contributed by atoms with E-state index in [9.17, 15) is 26.4 Å². The highest BCUT2D eigenvalue weighted by atomic mass is 32.2. The molecular formula is C25H25F3N3O3S+. The predicted molar refractivity (Wildman–Crippen MR) is 124 cm³/mol. The minimum atomic E-state index is -4.65. The van der Waals surface area contributed by atoms with Crippen molar-refractivity contribution in [3.63, 3.8) is 0 Å². The maximum Gasteiger partial charge on any atom is 0.416 e. The zero-order valence-electron chi connectivity index (χ0n) is 19.2. The van der Waals surface area contributed by atoms with Crippen LogP contribution >= 0.6 is 0 Å². The lowest BCUT2D eigenvalue weighted by atomic mass is 9.85. The van der Waals surface area contributed by atoms with Crippen LogP contribution in [0.25, 0.3) is 11.1 Å². The third-order valence-corrected chi connectivity index (χ3v) is 9.28. The molecule has 1 aliphatic rings. The molecule has 0 saturated carbocycles. The fourth-order valence-corrected chi connectivity index (χ4v) is 6.17. The first-order valence-corrected chi connectivity index (χ1v) is 12.5. The maximum absolute atomic E-state index is 13.4. The van der Waals surface area contributed by atoms with Crippen LogP contribution in [0.1, 0.15) is 32.3 Å². The van der Waals surface area contributed by atoms with E-state index in [4.69, 9.17) is 0 Å². The van der Waals surface area contributed by atoms with Crippen LogP contribution in [-0.2, 0) is 20.8 Å². The van der Waals surface area contributed by atoms with Gasteiger partial charge in [0.25, 0.3) is 6.33 Å². The molecule has 4 rings (SSSR count). The lowest BCUT2D eigenvalue weighted by Crippen LogP contribution is -2.48. The van der Waals surface area contributed by atoms with Gasteiger partial charge in [0.15, 0.2) is 16.0 Å². The number of carbonyl (C=O) groups is 1. The third-order valence-electron chi connectivity index (χ3n) is 6.68. The highest BCUT2D eigenvalue weighted by Gasteiger charge is 2.46. The zero-order chi connectivity index (χ0) is 25.4. The Balaban J connectivity index is 1.52. The molecule has 0 spiro atoms. The Morgan fingerprint density at radius 2 is 1.77 bits per heavy atom. The van der Waals surface area contributed by atoms with Gasteiger partial charge in [-0.1, -0.05) is 23.2 Å². The van der Waals surface area contributed by atoms with E-state index in [1.807, 2.05) is 30.5 Å². The topological polar surface area (TPSA) is 81.5 Å². The van der Waals surface area contributed by atoms with Gasteiger partial charge in [-0.05, 0) is 62.1 Å². The quantitative estimate of drug-likeness (QED) is 0.510. The number of H-pyrrole nitrogens is 1. The summed E-state index contributed by atoms with van der Waals surface area (Å²) in [7, 11) is -4.14. The lowest BCUT2D eigenvalue weighted by Gasteiger charge is -2.39. The SMILES string of the molecule is CC(C)([C@H]1CCN(c2ccc(-c3cnc[nH+]c3)cc2)C(=O)C1)S(=O)(=O)c1cccc(C(F)(F)F)c1. The van der Waals surface area contributed by atoms with E-state index in [0.29, 0.717) is 24.7 Å². The molecule has 1 N–H and O–H groups in total. The molecule has 1 amide bonds. The second-order valence-electron chi connectivity index (χ2n) is 9.09. The number of hydrogen-bond donors (Lipinski definition) is 0. The van der Waals surface area contributed by atoms with Gasteiger partial charge in [0.2, 0.25) is 5.91 Å². The van der Waals surface area contributed by atoms with Crippen LogP contribution < -0.4 is 9.88 Å². The molecule has 1 fully saturated rings. The Hall–Kier alpha value is -3.27. The van der Waals surface area contributed by atoms with Gasteiger partial charge >= 0.3 is 6.18 Å². The smallest absolute Gasteiger partial charge is 0.312 e. The summed E-state index contributed by atoms with van der Waals surface area (Å²) in [6.07, 6.45) is 0.818. The van der Waals surface area contributed by atoms with Gasteiger partial charge in [0.1, 0.15) is 0 Å². The number of hydrogen-bond acceptors (Lipinski definition) is 4. The Bertz CT molecular complexity index is 1330. The summed E-state index contributed by atoms with van der Waals surface area (Å²) in [6.45, 7) is 3.27. The van der Waals surface area contributed by atoms with Crippen molar-refractivity contribution in [2.75, 3.05) is 11.4 Å². The van der Waals surface area contributed by atoms with Gasteiger partial charge in [-0.2, -0.15) is 13.2 Å². The van der Waals surface area contributed by atoms with E-state index >= 15 is 0 Å². The molecule has 3 aromatic rings. The molecule has 184 valence electrons. The van der Waals surface area contributed by atoms with Crippen LogP contribution in [0.5, 0.6) is 0 Å². The zero-order valence-corrected chi connectivity index (χ0v) is 20.0. The number of amides is 1. The minimum absolute atomic E-state index is 0.0233. The van der Waals surface area contributed by atoms with Gasteiger partial charge in [0, 0.05) is 18.7 Å². The van der Waals surface area contributed by atoms with Crippen LogP contribution in [0.3, 0.4) is 0 Å². The van der Waals surface area contributed by atoms with Crippen molar-refractivity contribution in [1.82, 2.24) is 4.98 Å². The van der Waals surface area contributed by atoms with Crippen molar-refractivity contribution in [2.24, 2.45) is 5.92 Å². The number of carbonyl (C=O) groups excluding carboxylic acids is 1. The Morgan fingerprint density at radius 1 is 1.06 bits per heavy atom. The second-order valence-corrected chi connectivity index (χ2v) is 11.6. The highest BCUT2D eigenvalue weighted by molar-refractivity contribution is 7.92. The first-order chi connectivity index (χ1) is 16.4. The molecular weight excluding hydrogens is 479 g/mol. The largest absolute Gasteiger partial charge is 0.416 e. The summed E-state index contributed by atoms with van der Waals surface area (Å²) < 4.78 is 64.7. The number of benzene rings is 2. The molecule has 2 heterocycles. The fourth-order valence-electron chi connectivity index (χ4n) is 4.38. The van der Waals surface area contributed by atoms with Crippen LogP contribution in [-0.4, -0.2) is 30.6 Å². The van der Waals surface area contributed by atoms with Crippen molar-refractivity contribution < 1.29 is 31.4 Å². The van der Waals surface area contributed by atoms with Crippen LogP contribution in [0.2, 0.25) is 0 Å². The maximum atomic E-state index is 13.4. The molecule has 35 heavy (non-hydrogen) atoms. The average Bonchev–Trinajstić information content (AvgIpc) is 2.84. The molecule has 0 unspecified atom stereocenters. The van der Waals surface area contributed by atoms with Gasteiger partial charge in [-0.25, -0.2) is 13.4 Å². The van der Waals surface area contributed by atoms with Gasteiger partial charge < -0.3 is 4.90 Å². The van der Waals surface area contributed by atoms with Gasteiger partial charge in [-0.15, -0.1) is 0 Å². The monoisotopic (exact) mass is 504 g/mol. The molecule has 1 aromatic heterocycles. The molecule has 1 atom stereocenters. The van der Waals surface area contributed by atoms with Crippen molar-refractivity contribution in [3.8, 4) is 11.1 Å². The first kappa shape index (κ1) is 24.8. The number of halogens is 3. The van der Waals surface area contributed by atoms with E-state index in [2.05, 4.69) is 9.97 Å². The lowest BCUT2D eigenvalue weighted by molar-refractivity contribution is -0.382. The number of nitrogens with one attached hydrogen (secondary N) is 1. The minimum Gasteiger partial charge on any atom is -0.312 e. The summed E-state index contributed by atoms with van der Waals surface area (Å²) in [4.78, 5) is 21.2. The molecule has 2 aromatic carbocycles.